The predicted molar refractivity (Wildman–Crippen MR) is 107 cm³/mol. The van der Waals surface area contributed by atoms with E-state index in [0.717, 1.165) is 4.31 Å². The van der Waals surface area contributed by atoms with E-state index in [0.29, 0.717) is 12.1 Å². The second-order valence-corrected chi connectivity index (χ2v) is 8.69. The van der Waals surface area contributed by atoms with Crippen LogP contribution in [-0.4, -0.2) is 56.6 Å². The van der Waals surface area contributed by atoms with Crippen LogP contribution in [0, 0.1) is 5.82 Å². The van der Waals surface area contributed by atoms with Gasteiger partial charge in [-0.05, 0) is 42.8 Å². The Bertz CT molecular complexity index is 993. The average molecular weight is 421 g/mol. The summed E-state index contributed by atoms with van der Waals surface area (Å²) in [6, 6.07) is 11.6. The van der Waals surface area contributed by atoms with Gasteiger partial charge in [0.1, 0.15) is 5.82 Å². The first-order chi connectivity index (χ1) is 13.6. The maximum atomic E-state index is 13.3. The molecule has 9 heteroatoms. The zero-order valence-corrected chi connectivity index (χ0v) is 17.4. The van der Waals surface area contributed by atoms with Crippen molar-refractivity contribution in [2.45, 2.75) is 18.4 Å². The summed E-state index contributed by atoms with van der Waals surface area (Å²) in [6.07, 6.45) is 0. The summed E-state index contributed by atoms with van der Waals surface area (Å²) < 4.78 is 38.8. The zero-order valence-electron chi connectivity index (χ0n) is 16.6. The number of hydrogen-bond donors (Lipinski definition) is 1. The standard InChI is InChI=1S/C20H24FN3O4S/c1-4-24(14-15-7-5-9-17(21)11-15)19(25)13-22-20(26)16-8-6-10-18(12-16)29(27,28)23(2)3/h5-12H,4,13-14H2,1-3H3,(H,22,26). The molecule has 0 aliphatic rings. The largest absolute Gasteiger partial charge is 0.343 e. The summed E-state index contributed by atoms with van der Waals surface area (Å²) in [4.78, 5) is 26.3. The van der Waals surface area contributed by atoms with Gasteiger partial charge in [-0.1, -0.05) is 18.2 Å². The molecule has 0 saturated heterocycles. The minimum Gasteiger partial charge on any atom is -0.343 e. The number of sulfonamides is 1. The van der Waals surface area contributed by atoms with Crippen LogP contribution in [0.1, 0.15) is 22.8 Å². The van der Waals surface area contributed by atoms with Crippen molar-refractivity contribution in [3.05, 3.63) is 65.5 Å². The Balaban J connectivity index is 2.03. The Hall–Kier alpha value is -2.78. The number of hydrogen-bond acceptors (Lipinski definition) is 4. The van der Waals surface area contributed by atoms with Gasteiger partial charge < -0.3 is 10.2 Å². The number of amides is 2. The minimum absolute atomic E-state index is 0.0113. The highest BCUT2D eigenvalue weighted by Gasteiger charge is 2.19. The van der Waals surface area contributed by atoms with Crippen molar-refractivity contribution in [1.29, 1.82) is 0 Å². The van der Waals surface area contributed by atoms with Crippen LogP contribution in [0.3, 0.4) is 0 Å². The van der Waals surface area contributed by atoms with Crippen molar-refractivity contribution in [1.82, 2.24) is 14.5 Å². The Labute approximate surface area is 170 Å². The lowest BCUT2D eigenvalue weighted by atomic mass is 10.2. The fourth-order valence-corrected chi connectivity index (χ4v) is 3.56. The van der Waals surface area contributed by atoms with Crippen molar-refractivity contribution in [2.24, 2.45) is 0 Å². The molecule has 0 fully saturated rings. The van der Waals surface area contributed by atoms with E-state index in [1.54, 1.807) is 19.1 Å². The molecule has 7 nitrogen and oxygen atoms in total. The molecule has 2 aromatic rings. The van der Waals surface area contributed by atoms with E-state index < -0.39 is 15.9 Å². The third kappa shape index (κ3) is 5.85. The first-order valence-corrected chi connectivity index (χ1v) is 10.4. The number of benzene rings is 2. The van der Waals surface area contributed by atoms with Gasteiger partial charge in [0.2, 0.25) is 15.9 Å². The van der Waals surface area contributed by atoms with Gasteiger partial charge in [0.15, 0.2) is 0 Å². The van der Waals surface area contributed by atoms with Crippen LogP contribution in [-0.2, 0) is 21.4 Å². The van der Waals surface area contributed by atoms with Gasteiger partial charge in [-0.3, -0.25) is 9.59 Å². The van der Waals surface area contributed by atoms with Gasteiger partial charge in [0.25, 0.3) is 5.91 Å². The monoisotopic (exact) mass is 421 g/mol. The molecule has 156 valence electrons. The summed E-state index contributed by atoms with van der Waals surface area (Å²) in [5, 5.41) is 2.51. The zero-order chi connectivity index (χ0) is 21.6. The second-order valence-electron chi connectivity index (χ2n) is 6.54. The van der Waals surface area contributed by atoms with E-state index in [4.69, 9.17) is 0 Å². The van der Waals surface area contributed by atoms with Crippen LogP contribution >= 0.6 is 0 Å². The van der Waals surface area contributed by atoms with Gasteiger partial charge in [-0.25, -0.2) is 17.1 Å². The van der Waals surface area contributed by atoms with E-state index in [9.17, 15) is 22.4 Å². The maximum absolute atomic E-state index is 13.3. The van der Waals surface area contributed by atoms with Gasteiger partial charge in [-0.15, -0.1) is 0 Å². The summed E-state index contributed by atoms with van der Waals surface area (Å²) in [5.41, 5.74) is 0.780. The fourth-order valence-electron chi connectivity index (χ4n) is 2.61. The maximum Gasteiger partial charge on any atom is 0.251 e. The van der Waals surface area contributed by atoms with Crippen molar-refractivity contribution in [3.8, 4) is 0 Å². The lowest BCUT2D eigenvalue weighted by Crippen LogP contribution is -2.39. The molecule has 0 aliphatic heterocycles. The van der Waals surface area contributed by atoms with Crippen molar-refractivity contribution < 1.29 is 22.4 Å². The van der Waals surface area contributed by atoms with Gasteiger partial charge in [-0.2, -0.15) is 0 Å². The SMILES string of the molecule is CCN(Cc1cccc(F)c1)C(=O)CNC(=O)c1cccc(S(=O)(=O)N(C)C)c1. The molecule has 0 spiro atoms. The van der Waals surface area contributed by atoms with Crippen molar-refractivity contribution in [2.75, 3.05) is 27.2 Å². The highest BCUT2D eigenvalue weighted by Crippen LogP contribution is 2.15. The van der Waals surface area contributed by atoms with Crippen LogP contribution < -0.4 is 5.32 Å². The Morgan fingerprint density at radius 3 is 2.38 bits per heavy atom. The third-order valence-corrected chi connectivity index (χ3v) is 6.08. The van der Waals surface area contributed by atoms with Crippen LogP contribution in [0.25, 0.3) is 0 Å². The molecule has 0 atom stereocenters. The van der Waals surface area contributed by atoms with Gasteiger partial charge >= 0.3 is 0 Å². The van der Waals surface area contributed by atoms with E-state index in [-0.39, 0.29) is 35.3 Å². The van der Waals surface area contributed by atoms with Gasteiger partial charge in [0.05, 0.1) is 11.4 Å². The normalized spacial score (nSPS) is 11.3. The Morgan fingerprint density at radius 2 is 1.76 bits per heavy atom. The highest BCUT2D eigenvalue weighted by atomic mass is 32.2. The van der Waals surface area contributed by atoms with Crippen LogP contribution in [0.4, 0.5) is 4.39 Å². The van der Waals surface area contributed by atoms with E-state index in [1.807, 2.05) is 0 Å². The molecule has 2 amide bonds. The molecule has 0 radical (unpaired) electrons. The van der Waals surface area contributed by atoms with E-state index >= 15 is 0 Å². The smallest absolute Gasteiger partial charge is 0.251 e. The average Bonchev–Trinajstić information content (AvgIpc) is 2.70. The lowest BCUT2D eigenvalue weighted by molar-refractivity contribution is -0.130. The molecule has 0 saturated carbocycles. The molecule has 29 heavy (non-hydrogen) atoms. The van der Waals surface area contributed by atoms with Crippen molar-refractivity contribution in [3.63, 3.8) is 0 Å². The molecule has 0 aliphatic carbocycles. The van der Waals surface area contributed by atoms with E-state index in [2.05, 4.69) is 5.32 Å². The topological polar surface area (TPSA) is 86.8 Å². The number of likely N-dealkylation sites (N-methyl/N-ethyl adjacent to an activating group) is 1. The second kappa shape index (κ2) is 9.62. The summed E-state index contributed by atoms with van der Waals surface area (Å²) in [6.45, 7) is 2.14. The number of rotatable bonds is 8. The van der Waals surface area contributed by atoms with Crippen LogP contribution in [0.15, 0.2) is 53.4 Å². The predicted octanol–water partition coefficient (Wildman–Crippen LogP) is 1.85. The number of carbonyl (C=O) groups excluding carboxylic acids is 2. The van der Waals surface area contributed by atoms with E-state index in [1.165, 1.54) is 55.4 Å². The summed E-state index contributed by atoms with van der Waals surface area (Å²) in [7, 11) is -0.869. The molecule has 1 N–H and O–H groups in total. The number of nitrogens with zero attached hydrogens (tertiary/aromatic N) is 2. The molecule has 0 heterocycles. The number of nitrogens with one attached hydrogen (secondary N) is 1. The molecular formula is C20H24FN3O4S. The molecular weight excluding hydrogens is 397 g/mol. The molecule has 0 bridgehead atoms. The van der Waals surface area contributed by atoms with Crippen LogP contribution in [0.5, 0.6) is 0 Å². The number of halogens is 1. The highest BCUT2D eigenvalue weighted by molar-refractivity contribution is 7.89. The molecule has 0 unspecified atom stereocenters. The fraction of sp³-hybridized carbons (Fsp3) is 0.300. The molecule has 2 rings (SSSR count). The van der Waals surface area contributed by atoms with Crippen LogP contribution in [0.2, 0.25) is 0 Å². The first-order valence-electron chi connectivity index (χ1n) is 8.98. The Morgan fingerprint density at radius 1 is 1.07 bits per heavy atom. The quantitative estimate of drug-likeness (QED) is 0.705. The summed E-state index contributed by atoms with van der Waals surface area (Å²) >= 11 is 0. The minimum atomic E-state index is -3.67. The van der Waals surface area contributed by atoms with Gasteiger partial charge in [0, 0.05) is 32.7 Å². The third-order valence-electron chi connectivity index (χ3n) is 4.27. The number of carbonyl (C=O) groups is 2. The molecule has 2 aromatic carbocycles. The Kier molecular flexibility index (Phi) is 7.46. The molecule has 0 aromatic heterocycles. The summed E-state index contributed by atoms with van der Waals surface area (Å²) in [5.74, 6) is -1.27. The first kappa shape index (κ1) is 22.5. The van der Waals surface area contributed by atoms with Crippen molar-refractivity contribution >= 4 is 21.8 Å². The lowest BCUT2D eigenvalue weighted by Gasteiger charge is -2.21.